The first kappa shape index (κ1) is 21.7. The molecule has 0 spiro atoms. The number of hydrogen-bond acceptors (Lipinski definition) is 5. The van der Waals surface area contributed by atoms with Gasteiger partial charge in [-0.1, -0.05) is 27.6 Å². The molecule has 3 heterocycles. The van der Waals surface area contributed by atoms with Gasteiger partial charge in [0, 0.05) is 61.4 Å². The molecule has 2 aliphatic rings. The summed E-state index contributed by atoms with van der Waals surface area (Å²) in [6.07, 6.45) is 5.95. The summed E-state index contributed by atoms with van der Waals surface area (Å²) in [5.41, 5.74) is 3.87. The molecule has 2 atom stereocenters. The molecule has 1 aromatic carbocycles. The zero-order chi connectivity index (χ0) is 22.6. The van der Waals surface area contributed by atoms with E-state index in [-0.39, 0.29) is 10.8 Å². The summed E-state index contributed by atoms with van der Waals surface area (Å²) in [5, 5.41) is 4.94. The number of aryl methyl sites for hydroxylation is 1. The predicted octanol–water partition coefficient (Wildman–Crippen LogP) is 3.68. The third-order valence-corrected chi connectivity index (χ3v) is 7.28. The Balaban J connectivity index is 1.47. The second kappa shape index (κ2) is 8.32. The number of nitrogens with zero attached hydrogens (tertiary/aromatic N) is 6. The fourth-order valence-corrected chi connectivity index (χ4v) is 5.23. The highest BCUT2D eigenvalue weighted by atomic mass is 79.9. The highest BCUT2D eigenvalue weighted by Crippen LogP contribution is 2.33. The van der Waals surface area contributed by atoms with Crippen molar-refractivity contribution in [3.63, 3.8) is 0 Å². The molecule has 0 saturated carbocycles. The fraction of sp³-hybridized carbons (Fsp3) is 0.435. The highest BCUT2D eigenvalue weighted by molar-refractivity contribution is 9.10. The number of fused-ring (bicyclic) bond motifs is 1. The van der Waals surface area contributed by atoms with E-state index in [1.54, 1.807) is 10.9 Å². The average molecular weight is 518 g/mol. The first-order valence-electron chi connectivity index (χ1n) is 10.8. The third kappa shape index (κ3) is 4.11. The van der Waals surface area contributed by atoms with Crippen molar-refractivity contribution in [2.24, 2.45) is 13.0 Å². The van der Waals surface area contributed by atoms with Crippen molar-refractivity contribution in [3.8, 4) is 0 Å². The summed E-state index contributed by atoms with van der Waals surface area (Å²) in [6.45, 7) is 8.67. The van der Waals surface area contributed by atoms with Crippen LogP contribution in [0.3, 0.4) is 0 Å². The number of aromatic nitrogens is 4. The van der Waals surface area contributed by atoms with Crippen LogP contribution in [0.25, 0.3) is 10.9 Å². The van der Waals surface area contributed by atoms with Gasteiger partial charge in [-0.3, -0.25) is 18.9 Å². The molecule has 0 N–H and O–H groups in total. The maximum Gasteiger partial charge on any atom is 0.262 e. The number of anilines is 1. The van der Waals surface area contributed by atoms with Crippen molar-refractivity contribution >= 4 is 44.1 Å². The lowest BCUT2D eigenvalue weighted by atomic mass is 10.1. The topological polar surface area (TPSA) is 59.2 Å². The molecule has 9 heteroatoms. The SMILES string of the molecule is CC1=CC1CN1CCN(c2cc(Br)cc3c(=O)n(Cc4cnn(C)c4)c(Cl)nc23)C[C@H]1C. The van der Waals surface area contributed by atoms with E-state index in [1.807, 2.05) is 25.4 Å². The number of piperazine rings is 1. The van der Waals surface area contributed by atoms with Crippen molar-refractivity contribution in [2.45, 2.75) is 26.4 Å². The van der Waals surface area contributed by atoms with Crippen LogP contribution in [0.5, 0.6) is 0 Å². The number of hydrogen-bond donors (Lipinski definition) is 0. The van der Waals surface area contributed by atoms with Crippen LogP contribution in [0.15, 0.2) is 45.4 Å². The predicted molar refractivity (Wildman–Crippen MR) is 132 cm³/mol. The summed E-state index contributed by atoms with van der Waals surface area (Å²) < 4.78 is 4.07. The Hall–Kier alpha value is -2.16. The van der Waals surface area contributed by atoms with Crippen LogP contribution < -0.4 is 10.5 Å². The largest absolute Gasteiger partial charge is 0.367 e. The van der Waals surface area contributed by atoms with Gasteiger partial charge in [0.2, 0.25) is 5.28 Å². The van der Waals surface area contributed by atoms with Gasteiger partial charge >= 0.3 is 0 Å². The molecule has 32 heavy (non-hydrogen) atoms. The Bertz CT molecular complexity index is 1280. The lowest BCUT2D eigenvalue weighted by Crippen LogP contribution is -2.52. The molecule has 5 rings (SSSR count). The molecule has 7 nitrogen and oxygen atoms in total. The van der Waals surface area contributed by atoms with E-state index in [1.165, 1.54) is 10.1 Å². The zero-order valence-electron chi connectivity index (χ0n) is 18.4. The molecule has 3 aromatic rings. The van der Waals surface area contributed by atoms with E-state index in [0.717, 1.165) is 41.9 Å². The van der Waals surface area contributed by atoms with Crippen LogP contribution in [0.1, 0.15) is 19.4 Å². The summed E-state index contributed by atoms with van der Waals surface area (Å²) in [5.74, 6) is 0.648. The van der Waals surface area contributed by atoms with Crippen LogP contribution >= 0.6 is 27.5 Å². The van der Waals surface area contributed by atoms with Crippen LogP contribution in [0.2, 0.25) is 5.28 Å². The monoisotopic (exact) mass is 516 g/mol. The average Bonchev–Trinajstić information content (AvgIpc) is 3.28. The van der Waals surface area contributed by atoms with Crippen molar-refractivity contribution < 1.29 is 0 Å². The summed E-state index contributed by atoms with van der Waals surface area (Å²) in [7, 11) is 1.85. The minimum Gasteiger partial charge on any atom is -0.367 e. The minimum atomic E-state index is -0.145. The van der Waals surface area contributed by atoms with E-state index in [0.29, 0.717) is 29.4 Å². The number of rotatable bonds is 5. The van der Waals surface area contributed by atoms with E-state index in [4.69, 9.17) is 11.6 Å². The second-order valence-corrected chi connectivity index (χ2v) is 10.2. The van der Waals surface area contributed by atoms with Gasteiger partial charge in [-0.15, -0.1) is 0 Å². The second-order valence-electron chi connectivity index (χ2n) is 8.92. The maximum atomic E-state index is 13.4. The van der Waals surface area contributed by atoms with Gasteiger partial charge in [0.25, 0.3) is 5.56 Å². The van der Waals surface area contributed by atoms with E-state index >= 15 is 0 Å². The number of halogens is 2. The standard InChI is InChI=1S/C23H26BrClN6O/c1-14-6-17(14)13-29-4-5-30(10-15(29)2)20-8-18(24)7-19-21(20)27-23(25)31(22(19)32)12-16-9-26-28(3)11-16/h6-9,11,15,17H,4-5,10,12-13H2,1-3H3/t15-,17?/m1/s1. The molecular weight excluding hydrogens is 492 g/mol. The Morgan fingerprint density at radius 3 is 2.72 bits per heavy atom. The Kier molecular flexibility index (Phi) is 5.63. The van der Waals surface area contributed by atoms with Gasteiger partial charge in [0.1, 0.15) is 5.52 Å². The molecular formula is C23H26BrClN6O. The summed E-state index contributed by atoms with van der Waals surface area (Å²) in [4.78, 5) is 22.9. The molecule has 168 valence electrons. The molecule has 0 radical (unpaired) electrons. The summed E-state index contributed by atoms with van der Waals surface area (Å²) >= 11 is 10.1. The van der Waals surface area contributed by atoms with Gasteiger partial charge in [-0.05, 0) is 37.6 Å². The molecule has 1 saturated heterocycles. The normalized spacial score (nSPS) is 21.3. The smallest absolute Gasteiger partial charge is 0.262 e. The van der Waals surface area contributed by atoms with Gasteiger partial charge in [0.15, 0.2) is 0 Å². The lowest BCUT2D eigenvalue weighted by molar-refractivity contribution is 0.185. The van der Waals surface area contributed by atoms with Gasteiger partial charge in [-0.25, -0.2) is 4.98 Å². The molecule has 1 aliphatic heterocycles. The van der Waals surface area contributed by atoms with Gasteiger partial charge < -0.3 is 4.90 Å². The molecule has 0 amide bonds. The van der Waals surface area contributed by atoms with Gasteiger partial charge in [-0.2, -0.15) is 5.10 Å². The zero-order valence-corrected chi connectivity index (χ0v) is 20.8. The molecule has 1 aliphatic carbocycles. The lowest BCUT2D eigenvalue weighted by Gasteiger charge is -2.41. The van der Waals surface area contributed by atoms with Crippen molar-refractivity contribution in [2.75, 3.05) is 31.1 Å². The minimum absolute atomic E-state index is 0.145. The molecule has 1 unspecified atom stereocenters. The van der Waals surface area contributed by atoms with Crippen molar-refractivity contribution in [1.29, 1.82) is 0 Å². The van der Waals surface area contributed by atoms with Crippen LogP contribution in [0.4, 0.5) is 5.69 Å². The Labute approximate surface area is 200 Å². The van der Waals surface area contributed by atoms with E-state index in [9.17, 15) is 4.79 Å². The third-order valence-electron chi connectivity index (χ3n) is 6.53. The number of benzene rings is 1. The van der Waals surface area contributed by atoms with E-state index in [2.05, 4.69) is 55.7 Å². The first-order valence-corrected chi connectivity index (χ1v) is 12.0. The quantitative estimate of drug-likeness (QED) is 0.382. The van der Waals surface area contributed by atoms with Crippen LogP contribution in [-0.2, 0) is 13.6 Å². The van der Waals surface area contributed by atoms with Crippen LogP contribution in [0, 0.1) is 5.92 Å². The molecule has 0 bridgehead atoms. The Morgan fingerprint density at radius 2 is 2.06 bits per heavy atom. The van der Waals surface area contributed by atoms with Crippen molar-refractivity contribution in [3.05, 3.63) is 61.8 Å². The highest BCUT2D eigenvalue weighted by Gasteiger charge is 2.30. The maximum absolute atomic E-state index is 13.4. The first-order chi connectivity index (χ1) is 15.3. The molecule has 2 aromatic heterocycles. The van der Waals surface area contributed by atoms with Crippen molar-refractivity contribution in [1.82, 2.24) is 24.2 Å². The molecule has 1 fully saturated rings. The van der Waals surface area contributed by atoms with Crippen LogP contribution in [-0.4, -0.2) is 56.5 Å². The Morgan fingerprint density at radius 1 is 1.28 bits per heavy atom. The van der Waals surface area contributed by atoms with E-state index < -0.39 is 0 Å². The fourth-order valence-electron chi connectivity index (χ4n) is 4.57. The van der Waals surface area contributed by atoms with Gasteiger partial charge in [0.05, 0.1) is 23.8 Å². The summed E-state index contributed by atoms with van der Waals surface area (Å²) in [6, 6.07) is 4.30.